The Hall–Kier alpha value is -3.11. The Kier molecular flexibility index (Phi) is 4.13. The first-order valence-corrected chi connectivity index (χ1v) is 7.10. The van der Waals surface area contributed by atoms with Crippen molar-refractivity contribution in [1.29, 1.82) is 0 Å². The number of hydrogen-bond donors (Lipinski definition) is 0. The van der Waals surface area contributed by atoms with E-state index in [-0.39, 0.29) is 5.78 Å². The highest BCUT2D eigenvalue weighted by Gasteiger charge is 2.11. The molecule has 0 bridgehead atoms. The van der Waals surface area contributed by atoms with Crippen molar-refractivity contribution >= 4 is 5.78 Å². The number of carbonyl (C=O) groups is 1. The standard InChI is InChI=1S/C21H14O/c22-21(19-12-5-2-6-13-19)20-14-8-7-11-18(20)16-15-17-9-3-1-4-10-17/h1-14H. The van der Waals surface area contributed by atoms with Gasteiger partial charge in [0.1, 0.15) is 0 Å². The summed E-state index contributed by atoms with van der Waals surface area (Å²) in [4.78, 5) is 12.6. The summed E-state index contributed by atoms with van der Waals surface area (Å²) in [6, 6.07) is 26.5. The van der Waals surface area contributed by atoms with Gasteiger partial charge in [-0.25, -0.2) is 0 Å². The van der Waals surface area contributed by atoms with E-state index in [1.54, 1.807) is 0 Å². The molecule has 104 valence electrons. The van der Waals surface area contributed by atoms with Crippen molar-refractivity contribution in [2.45, 2.75) is 0 Å². The minimum absolute atomic E-state index is 0.00133. The second-order valence-corrected chi connectivity index (χ2v) is 4.86. The molecule has 22 heavy (non-hydrogen) atoms. The van der Waals surface area contributed by atoms with E-state index in [4.69, 9.17) is 0 Å². The van der Waals surface area contributed by atoms with E-state index in [2.05, 4.69) is 11.8 Å². The Morgan fingerprint density at radius 3 is 1.95 bits per heavy atom. The summed E-state index contributed by atoms with van der Waals surface area (Å²) < 4.78 is 0. The first-order valence-electron chi connectivity index (χ1n) is 7.10. The summed E-state index contributed by atoms with van der Waals surface area (Å²) >= 11 is 0. The fraction of sp³-hybridized carbons (Fsp3) is 0. The van der Waals surface area contributed by atoms with Crippen LogP contribution < -0.4 is 0 Å². The van der Waals surface area contributed by atoms with Crippen molar-refractivity contribution < 1.29 is 4.79 Å². The second-order valence-electron chi connectivity index (χ2n) is 4.86. The average molecular weight is 282 g/mol. The summed E-state index contributed by atoms with van der Waals surface area (Å²) in [5.74, 6) is 6.21. The van der Waals surface area contributed by atoms with Crippen LogP contribution in [0.2, 0.25) is 0 Å². The lowest BCUT2D eigenvalue weighted by Gasteiger charge is -2.03. The van der Waals surface area contributed by atoms with E-state index in [1.807, 2.05) is 84.9 Å². The van der Waals surface area contributed by atoms with Crippen LogP contribution in [0.4, 0.5) is 0 Å². The smallest absolute Gasteiger partial charge is 0.194 e. The third-order valence-electron chi connectivity index (χ3n) is 3.32. The van der Waals surface area contributed by atoms with Gasteiger partial charge in [-0.05, 0) is 24.3 Å². The molecule has 0 heterocycles. The van der Waals surface area contributed by atoms with Crippen LogP contribution in [0.15, 0.2) is 84.9 Å². The van der Waals surface area contributed by atoms with Crippen molar-refractivity contribution in [3.63, 3.8) is 0 Å². The van der Waals surface area contributed by atoms with Gasteiger partial charge in [-0.3, -0.25) is 4.79 Å². The van der Waals surface area contributed by atoms with E-state index in [0.717, 1.165) is 11.1 Å². The minimum Gasteiger partial charge on any atom is -0.289 e. The van der Waals surface area contributed by atoms with Crippen molar-refractivity contribution in [2.75, 3.05) is 0 Å². The Morgan fingerprint density at radius 1 is 0.636 bits per heavy atom. The summed E-state index contributed by atoms with van der Waals surface area (Å²) in [6.45, 7) is 0. The summed E-state index contributed by atoms with van der Waals surface area (Å²) in [5, 5.41) is 0. The summed E-state index contributed by atoms with van der Waals surface area (Å²) in [7, 11) is 0. The van der Waals surface area contributed by atoms with E-state index in [0.29, 0.717) is 11.1 Å². The van der Waals surface area contributed by atoms with Gasteiger partial charge in [0.25, 0.3) is 0 Å². The van der Waals surface area contributed by atoms with Gasteiger partial charge in [-0.15, -0.1) is 0 Å². The highest BCUT2D eigenvalue weighted by Crippen LogP contribution is 2.14. The highest BCUT2D eigenvalue weighted by molar-refractivity contribution is 6.10. The molecule has 0 aliphatic carbocycles. The molecule has 0 N–H and O–H groups in total. The SMILES string of the molecule is O=C(c1ccccc1)c1ccccc1C#Cc1ccccc1. The van der Waals surface area contributed by atoms with E-state index >= 15 is 0 Å². The normalized spacial score (nSPS) is 9.64. The van der Waals surface area contributed by atoms with Crippen molar-refractivity contribution in [2.24, 2.45) is 0 Å². The lowest BCUT2D eigenvalue weighted by Crippen LogP contribution is -2.03. The van der Waals surface area contributed by atoms with Gasteiger partial charge in [0.2, 0.25) is 0 Å². The molecule has 0 fully saturated rings. The Labute approximate surface area is 130 Å². The first kappa shape index (κ1) is 13.9. The van der Waals surface area contributed by atoms with Crippen LogP contribution in [-0.2, 0) is 0 Å². The number of hydrogen-bond acceptors (Lipinski definition) is 1. The zero-order valence-electron chi connectivity index (χ0n) is 12.0. The average Bonchev–Trinajstić information content (AvgIpc) is 2.61. The Bertz CT molecular complexity index is 837. The molecule has 0 atom stereocenters. The molecule has 0 aromatic heterocycles. The molecular formula is C21H14O. The number of benzene rings is 3. The van der Waals surface area contributed by atoms with E-state index in [9.17, 15) is 4.79 Å². The highest BCUT2D eigenvalue weighted by atomic mass is 16.1. The lowest BCUT2D eigenvalue weighted by atomic mass is 9.98. The molecule has 0 aliphatic rings. The molecule has 0 spiro atoms. The zero-order chi connectivity index (χ0) is 15.2. The largest absolute Gasteiger partial charge is 0.289 e. The van der Waals surface area contributed by atoms with Gasteiger partial charge >= 0.3 is 0 Å². The van der Waals surface area contributed by atoms with Crippen LogP contribution in [0, 0.1) is 11.8 Å². The van der Waals surface area contributed by atoms with Gasteiger partial charge in [0.05, 0.1) is 0 Å². The van der Waals surface area contributed by atoms with E-state index in [1.165, 1.54) is 0 Å². The molecule has 3 aromatic rings. The van der Waals surface area contributed by atoms with Crippen LogP contribution in [0.5, 0.6) is 0 Å². The molecule has 0 aliphatic heterocycles. The van der Waals surface area contributed by atoms with Gasteiger partial charge in [-0.2, -0.15) is 0 Å². The molecule has 3 aromatic carbocycles. The zero-order valence-corrected chi connectivity index (χ0v) is 12.0. The Balaban J connectivity index is 1.98. The van der Waals surface area contributed by atoms with Crippen LogP contribution >= 0.6 is 0 Å². The molecule has 0 amide bonds. The van der Waals surface area contributed by atoms with E-state index < -0.39 is 0 Å². The number of ketones is 1. The quantitative estimate of drug-likeness (QED) is 0.505. The minimum atomic E-state index is -0.00133. The second kappa shape index (κ2) is 6.56. The van der Waals surface area contributed by atoms with Gasteiger partial charge in [-0.1, -0.05) is 72.5 Å². The first-order chi connectivity index (χ1) is 10.8. The van der Waals surface area contributed by atoms with Crippen LogP contribution in [0.3, 0.4) is 0 Å². The maximum Gasteiger partial charge on any atom is 0.194 e. The van der Waals surface area contributed by atoms with Gasteiger partial charge in [0.15, 0.2) is 5.78 Å². The van der Waals surface area contributed by atoms with Crippen molar-refractivity contribution in [3.8, 4) is 11.8 Å². The number of rotatable bonds is 2. The third kappa shape index (κ3) is 3.13. The van der Waals surface area contributed by atoms with Gasteiger partial charge < -0.3 is 0 Å². The van der Waals surface area contributed by atoms with Crippen LogP contribution in [0.25, 0.3) is 0 Å². The molecule has 0 unspecified atom stereocenters. The topological polar surface area (TPSA) is 17.1 Å². The van der Waals surface area contributed by atoms with Crippen molar-refractivity contribution in [3.05, 3.63) is 107 Å². The summed E-state index contributed by atoms with van der Waals surface area (Å²) in [6.07, 6.45) is 0. The molecule has 1 nitrogen and oxygen atoms in total. The molecule has 0 saturated heterocycles. The predicted molar refractivity (Wildman–Crippen MR) is 88.7 cm³/mol. The molecular weight excluding hydrogens is 268 g/mol. The maximum absolute atomic E-state index is 12.6. The third-order valence-corrected chi connectivity index (χ3v) is 3.32. The fourth-order valence-corrected chi connectivity index (χ4v) is 2.20. The Morgan fingerprint density at radius 2 is 1.23 bits per heavy atom. The molecule has 0 radical (unpaired) electrons. The van der Waals surface area contributed by atoms with Gasteiger partial charge in [0, 0.05) is 22.3 Å². The fourth-order valence-electron chi connectivity index (χ4n) is 2.20. The number of carbonyl (C=O) groups excluding carboxylic acids is 1. The predicted octanol–water partition coefficient (Wildman–Crippen LogP) is 4.32. The molecule has 3 rings (SSSR count). The van der Waals surface area contributed by atoms with Crippen molar-refractivity contribution in [1.82, 2.24) is 0 Å². The maximum atomic E-state index is 12.6. The lowest BCUT2D eigenvalue weighted by molar-refractivity contribution is 0.103. The molecule has 0 saturated carbocycles. The van der Waals surface area contributed by atoms with Crippen LogP contribution in [0.1, 0.15) is 27.0 Å². The van der Waals surface area contributed by atoms with Crippen LogP contribution in [-0.4, -0.2) is 5.78 Å². The summed E-state index contributed by atoms with van der Waals surface area (Å²) in [5.41, 5.74) is 3.00. The monoisotopic (exact) mass is 282 g/mol. The molecule has 1 heteroatoms.